The van der Waals surface area contributed by atoms with Crippen LogP contribution in [0.25, 0.3) is 0 Å². The van der Waals surface area contributed by atoms with Gasteiger partial charge in [0.05, 0.1) is 5.60 Å². The zero-order valence-corrected chi connectivity index (χ0v) is 18.1. The van der Waals surface area contributed by atoms with Gasteiger partial charge in [0.25, 0.3) is 0 Å². The van der Waals surface area contributed by atoms with Crippen molar-refractivity contribution in [3.63, 3.8) is 0 Å². The SMILES string of the molecule is CCCC(=O)OC1C=C2C=CC3C([C@@H](C)C[C@@]4(CC)C3CC[C@]4(C)O)[C@H]2CC1. The van der Waals surface area contributed by atoms with Crippen molar-refractivity contribution in [2.75, 3.05) is 0 Å². The molecule has 0 saturated heterocycles. The summed E-state index contributed by atoms with van der Waals surface area (Å²) in [6.45, 7) is 8.82. The fourth-order valence-electron chi connectivity index (χ4n) is 7.64. The van der Waals surface area contributed by atoms with Crippen molar-refractivity contribution < 1.29 is 14.6 Å². The lowest BCUT2D eigenvalue weighted by molar-refractivity contribution is -0.148. The van der Waals surface area contributed by atoms with Gasteiger partial charge >= 0.3 is 5.97 Å². The molecular formula is C25H38O3. The molecule has 4 rings (SSSR count). The summed E-state index contributed by atoms with van der Waals surface area (Å²) < 4.78 is 5.69. The fraction of sp³-hybridized carbons (Fsp3) is 0.800. The van der Waals surface area contributed by atoms with Crippen LogP contribution in [-0.2, 0) is 9.53 Å². The zero-order valence-electron chi connectivity index (χ0n) is 18.1. The quantitative estimate of drug-likeness (QED) is 0.655. The van der Waals surface area contributed by atoms with Gasteiger partial charge in [0.15, 0.2) is 0 Å². The molecular weight excluding hydrogens is 348 g/mol. The molecule has 0 aromatic rings. The molecule has 1 N–H and O–H groups in total. The minimum Gasteiger partial charge on any atom is -0.458 e. The molecule has 2 fully saturated rings. The molecule has 0 aromatic heterocycles. The summed E-state index contributed by atoms with van der Waals surface area (Å²) in [5.41, 5.74) is 0.939. The Hall–Kier alpha value is -1.09. The van der Waals surface area contributed by atoms with Crippen LogP contribution in [0.1, 0.15) is 79.1 Å². The number of fused-ring (bicyclic) bond motifs is 5. The minimum absolute atomic E-state index is 0.0488. The molecule has 2 saturated carbocycles. The van der Waals surface area contributed by atoms with Crippen LogP contribution in [0, 0.1) is 35.0 Å². The molecule has 4 aliphatic rings. The van der Waals surface area contributed by atoms with E-state index in [-0.39, 0.29) is 17.5 Å². The average Bonchev–Trinajstić information content (AvgIpc) is 2.92. The maximum atomic E-state index is 11.9. The Kier molecular flexibility index (Phi) is 5.27. The van der Waals surface area contributed by atoms with E-state index < -0.39 is 5.60 Å². The second-order valence-corrected chi connectivity index (χ2v) is 10.3. The number of hydrogen-bond acceptors (Lipinski definition) is 3. The van der Waals surface area contributed by atoms with Crippen LogP contribution in [0.5, 0.6) is 0 Å². The van der Waals surface area contributed by atoms with Crippen molar-refractivity contribution in [1.82, 2.24) is 0 Å². The van der Waals surface area contributed by atoms with Gasteiger partial charge in [-0.15, -0.1) is 0 Å². The Morgan fingerprint density at radius 2 is 2.07 bits per heavy atom. The number of carbonyl (C=O) groups is 1. The molecule has 0 spiro atoms. The van der Waals surface area contributed by atoms with Gasteiger partial charge in [-0.05, 0) is 93.1 Å². The van der Waals surface area contributed by atoms with Gasteiger partial charge in [0.2, 0.25) is 0 Å². The van der Waals surface area contributed by atoms with E-state index in [1.807, 2.05) is 6.92 Å². The van der Waals surface area contributed by atoms with Crippen molar-refractivity contribution >= 4 is 5.97 Å². The molecule has 0 amide bonds. The highest BCUT2D eigenvalue weighted by molar-refractivity contribution is 5.69. The van der Waals surface area contributed by atoms with Crippen LogP contribution in [-0.4, -0.2) is 22.8 Å². The Labute approximate surface area is 170 Å². The third-order valence-electron chi connectivity index (χ3n) is 8.89. The van der Waals surface area contributed by atoms with Crippen LogP contribution in [0.15, 0.2) is 23.8 Å². The van der Waals surface area contributed by atoms with E-state index in [9.17, 15) is 9.90 Å². The predicted octanol–water partition coefficient (Wildman–Crippen LogP) is 5.43. The highest BCUT2D eigenvalue weighted by atomic mass is 16.5. The molecule has 0 radical (unpaired) electrons. The van der Waals surface area contributed by atoms with Gasteiger partial charge < -0.3 is 9.84 Å². The lowest BCUT2D eigenvalue weighted by atomic mass is 9.48. The van der Waals surface area contributed by atoms with Crippen molar-refractivity contribution in [3.05, 3.63) is 23.8 Å². The highest BCUT2D eigenvalue weighted by Crippen LogP contribution is 2.66. The monoisotopic (exact) mass is 386 g/mol. The molecule has 0 bridgehead atoms. The van der Waals surface area contributed by atoms with E-state index in [2.05, 4.69) is 39.0 Å². The van der Waals surface area contributed by atoms with E-state index in [1.54, 1.807) is 0 Å². The second-order valence-electron chi connectivity index (χ2n) is 10.3. The van der Waals surface area contributed by atoms with Crippen LogP contribution in [0.4, 0.5) is 0 Å². The largest absolute Gasteiger partial charge is 0.458 e. The van der Waals surface area contributed by atoms with Crippen molar-refractivity contribution in [3.8, 4) is 0 Å². The van der Waals surface area contributed by atoms with Crippen LogP contribution in [0.3, 0.4) is 0 Å². The summed E-state index contributed by atoms with van der Waals surface area (Å²) in [4.78, 5) is 11.9. The van der Waals surface area contributed by atoms with Gasteiger partial charge in [0, 0.05) is 11.8 Å². The maximum absolute atomic E-state index is 11.9. The summed E-state index contributed by atoms with van der Waals surface area (Å²) in [6, 6.07) is 0. The summed E-state index contributed by atoms with van der Waals surface area (Å²) >= 11 is 0. The maximum Gasteiger partial charge on any atom is 0.306 e. The highest BCUT2D eigenvalue weighted by Gasteiger charge is 2.63. The van der Waals surface area contributed by atoms with E-state index >= 15 is 0 Å². The van der Waals surface area contributed by atoms with Crippen molar-refractivity contribution in [2.45, 2.75) is 90.8 Å². The van der Waals surface area contributed by atoms with Crippen molar-refractivity contribution in [1.29, 1.82) is 0 Å². The summed E-state index contributed by atoms with van der Waals surface area (Å²) in [5, 5.41) is 11.3. The summed E-state index contributed by atoms with van der Waals surface area (Å²) in [5.74, 6) is 3.00. The fourth-order valence-corrected chi connectivity index (χ4v) is 7.64. The molecule has 3 heteroatoms. The molecule has 0 aromatic carbocycles. The van der Waals surface area contributed by atoms with Crippen molar-refractivity contribution in [2.24, 2.45) is 35.0 Å². The lowest BCUT2D eigenvalue weighted by Crippen LogP contribution is -2.54. The van der Waals surface area contributed by atoms with Gasteiger partial charge in [-0.25, -0.2) is 0 Å². The third kappa shape index (κ3) is 3.00. The third-order valence-corrected chi connectivity index (χ3v) is 8.89. The van der Waals surface area contributed by atoms with E-state index in [1.165, 1.54) is 5.57 Å². The van der Waals surface area contributed by atoms with Gasteiger partial charge in [-0.3, -0.25) is 4.79 Å². The number of esters is 1. The van der Waals surface area contributed by atoms with E-state index in [0.29, 0.717) is 36.0 Å². The first-order valence-electron chi connectivity index (χ1n) is 11.6. The first-order valence-corrected chi connectivity index (χ1v) is 11.6. The smallest absolute Gasteiger partial charge is 0.306 e. The molecule has 3 nitrogen and oxygen atoms in total. The summed E-state index contributed by atoms with van der Waals surface area (Å²) in [7, 11) is 0. The Morgan fingerprint density at radius 1 is 1.29 bits per heavy atom. The number of aliphatic hydroxyl groups is 1. The summed E-state index contributed by atoms with van der Waals surface area (Å²) in [6.07, 6.45) is 14.7. The van der Waals surface area contributed by atoms with Gasteiger partial charge in [-0.1, -0.05) is 32.9 Å². The number of rotatable bonds is 4. The number of hydrogen-bond donors (Lipinski definition) is 1. The normalized spacial score (nSPS) is 47.0. The Morgan fingerprint density at radius 3 is 2.79 bits per heavy atom. The van der Waals surface area contributed by atoms with Gasteiger partial charge in [-0.2, -0.15) is 0 Å². The standard InChI is InChI=1S/C25H38O3/c1-5-7-22(26)28-18-9-11-19-17(14-18)8-10-20-21-12-13-24(4,27)25(21,6-2)15-16(3)23(19)20/h8,10,14,16,18-21,23,27H,5-7,9,11-13,15H2,1-4H3/t16-,18?,19-,20?,21?,23?,24-,25-/m0/s1. The number of carbonyl (C=O) groups excluding carboxylic acids is 1. The average molecular weight is 387 g/mol. The number of allylic oxidation sites excluding steroid dienone is 3. The topological polar surface area (TPSA) is 46.5 Å². The van der Waals surface area contributed by atoms with Crippen LogP contribution >= 0.6 is 0 Å². The first kappa shape index (κ1) is 20.2. The molecule has 0 aliphatic heterocycles. The number of ether oxygens (including phenoxy) is 1. The molecule has 0 heterocycles. The molecule has 28 heavy (non-hydrogen) atoms. The molecule has 8 atom stereocenters. The molecule has 4 unspecified atom stereocenters. The van der Waals surface area contributed by atoms with E-state index in [4.69, 9.17) is 4.74 Å². The predicted molar refractivity (Wildman–Crippen MR) is 112 cm³/mol. The van der Waals surface area contributed by atoms with E-state index in [0.717, 1.165) is 44.9 Å². The van der Waals surface area contributed by atoms with Gasteiger partial charge in [0.1, 0.15) is 6.10 Å². The first-order chi connectivity index (χ1) is 13.3. The minimum atomic E-state index is -0.527. The Balaban J connectivity index is 1.60. The molecule has 156 valence electrons. The van der Waals surface area contributed by atoms with Crippen LogP contribution in [0.2, 0.25) is 0 Å². The Bertz CT molecular complexity index is 675. The molecule has 4 aliphatic carbocycles. The van der Waals surface area contributed by atoms with Crippen LogP contribution < -0.4 is 0 Å². The lowest BCUT2D eigenvalue weighted by Gasteiger charge is -2.57. The second kappa shape index (κ2) is 7.31. The zero-order chi connectivity index (χ0) is 20.1.